The molecular formula is C22H22ClN3O3S. The van der Waals surface area contributed by atoms with Crippen LogP contribution in [0.3, 0.4) is 0 Å². The number of alkyl halides is 1. The SMILES string of the molecule is O=C(Cc1ccsc1)NCc1ccc(-c2nc(C(=O)N3CCC(Cl)CC3)co2)cc1. The van der Waals surface area contributed by atoms with E-state index in [1.807, 2.05) is 41.1 Å². The van der Waals surface area contributed by atoms with Crippen LogP contribution in [-0.2, 0) is 17.8 Å². The highest BCUT2D eigenvalue weighted by molar-refractivity contribution is 7.08. The van der Waals surface area contributed by atoms with Gasteiger partial charge in [0, 0.05) is 30.6 Å². The van der Waals surface area contributed by atoms with Crippen LogP contribution in [0.4, 0.5) is 0 Å². The van der Waals surface area contributed by atoms with Gasteiger partial charge >= 0.3 is 0 Å². The summed E-state index contributed by atoms with van der Waals surface area (Å²) in [6, 6.07) is 9.53. The van der Waals surface area contributed by atoms with E-state index in [2.05, 4.69) is 10.3 Å². The highest BCUT2D eigenvalue weighted by Gasteiger charge is 2.24. The molecule has 30 heavy (non-hydrogen) atoms. The fourth-order valence-corrected chi connectivity index (χ4v) is 4.19. The Morgan fingerprint density at radius 2 is 1.93 bits per heavy atom. The Hall–Kier alpha value is -2.64. The molecule has 8 heteroatoms. The van der Waals surface area contributed by atoms with Crippen molar-refractivity contribution in [3.8, 4) is 11.5 Å². The number of thiophene rings is 1. The molecule has 1 aliphatic heterocycles. The maximum absolute atomic E-state index is 12.6. The standard InChI is InChI=1S/C22H22ClN3O3S/c23-18-5-8-26(9-6-18)22(28)19-13-29-21(25-19)17-3-1-15(2-4-17)12-24-20(27)11-16-7-10-30-14-16/h1-4,7,10,13-14,18H,5-6,8-9,11-12H2,(H,24,27). The quantitative estimate of drug-likeness (QED) is 0.582. The first kappa shape index (κ1) is 20.6. The number of halogens is 1. The predicted octanol–water partition coefficient (Wildman–Crippen LogP) is 4.11. The number of rotatable bonds is 6. The largest absolute Gasteiger partial charge is 0.444 e. The van der Waals surface area contributed by atoms with Crippen molar-refractivity contribution in [2.24, 2.45) is 0 Å². The first-order chi connectivity index (χ1) is 14.6. The Kier molecular flexibility index (Phi) is 6.50. The molecule has 0 radical (unpaired) electrons. The molecule has 0 unspecified atom stereocenters. The van der Waals surface area contributed by atoms with Gasteiger partial charge in [-0.3, -0.25) is 9.59 Å². The van der Waals surface area contributed by atoms with Crippen LogP contribution >= 0.6 is 22.9 Å². The summed E-state index contributed by atoms with van der Waals surface area (Å²) >= 11 is 7.69. The molecule has 0 atom stereocenters. The molecule has 0 aliphatic carbocycles. The summed E-state index contributed by atoms with van der Waals surface area (Å²) in [4.78, 5) is 30.7. The lowest BCUT2D eigenvalue weighted by Gasteiger charge is -2.28. The topological polar surface area (TPSA) is 75.4 Å². The molecule has 4 rings (SSSR count). The summed E-state index contributed by atoms with van der Waals surface area (Å²) < 4.78 is 5.53. The van der Waals surface area contributed by atoms with Gasteiger partial charge in [-0.1, -0.05) is 12.1 Å². The van der Waals surface area contributed by atoms with Crippen molar-refractivity contribution in [1.82, 2.24) is 15.2 Å². The van der Waals surface area contributed by atoms with Gasteiger partial charge in [0.1, 0.15) is 6.26 Å². The van der Waals surface area contributed by atoms with Crippen molar-refractivity contribution in [2.45, 2.75) is 31.2 Å². The van der Waals surface area contributed by atoms with Gasteiger partial charge in [-0.25, -0.2) is 4.98 Å². The molecule has 1 saturated heterocycles. The molecule has 156 valence electrons. The molecule has 0 bridgehead atoms. The van der Waals surface area contributed by atoms with Crippen molar-refractivity contribution < 1.29 is 14.0 Å². The number of nitrogens with zero attached hydrogens (tertiary/aromatic N) is 2. The lowest BCUT2D eigenvalue weighted by molar-refractivity contribution is -0.120. The van der Waals surface area contributed by atoms with Crippen molar-refractivity contribution in [3.63, 3.8) is 0 Å². The van der Waals surface area contributed by atoms with E-state index in [0.717, 1.165) is 29.5 Å². The zero-order valence-electron chi connectivity index (χ0n) is 16.3. The lowest BCUT2D eigenvalue weighted by Crippen LogP contribution is -2.38. The van der Waals surface area contributed by atoms with Crippen LogP contribution in [0.15, 0.2) is 51.8 Å². The number of nitrogens with one attached hydrogen (secondary N) is 1. The lowest BCUT2D eigenvalue weighted by atomic mass is 10.1. The van der Waals surface area contributed by atoms with Crippen molar-refractivity contribution >= 4 is 34.8 Å². The van der Waals surface area contributed by atoms with Gasteiger partial charge in [0.2, 0.25) is 11.8 Å². The minimum absolute atomic E-state index is 0.00784. The second-order valence-electron chi connectivity index (χ2n) is 7.29. The highest BCUT2D eigenvalue weighted by Crippen LogP contribution is 2.22. The number of benzene rings is 1. The van der Waals surface area contributed by atoms with Gasteiger partial charge in [0.25, 0.3) is 5.91 Å². The highest BCUT2D eigenvalue weighted by atomic mass is 35.5. The first-order valence-electron chi connectivity index (χ1n) is 9.84. The molecule has 1 aromatic carbocycles. The summed E-state index contributed by atoms with van der Waals surface area (Å²) in [5.41, 5.74) is 3.09. The van der Waals surface area contributed by atoms with Crippen LogP contribution in [0.5, 0.6) is 0 Å². The van der Waals surface area contributed by atoms with E-state index in [1.165, 1.54) is 6.26 Å². The second-order valence-corrected chi connectivity index (χ2v) is 8.68. The molecule has 3 heterocycles. The number of amides is 2. The molecule has 1 fully saturated rings. The van der Waals surface area contributed by atoms with Crippen molar-refractivity contribution in [3.05, 3.63) is 64.2 Å². The number of piperidine rings is 1. The number of likely N-dealkylation sites (tertiary alicyclic amines) is 1. The van der Waals surface area contributed by atoms with E-state index < -0.39 is 0 Å². The molecule has 0 saturated carbocycles. The van der Waals surface area contributed by atoms with Gasteiger partial charge in [-0.15, -0.1) is 11.6 Å². The zero-order chi connectivity index (χ0) is 20.9. The summed E-state index contributed by atoms with van der Waals surface area (Å²) in [5, 5.41) is 7.00. The number of hydrogen-bond donors (Lipinski definition) is 1. The van der Waals surface area contributed by atoms with Crippen LogP contribution in [0.2, 0.25) is 0 Å². The van der Waals surface area contributed by atoms with E-state index in [9.17, 15) is 9.59 Å². The monoisotopic (exact) mass is 443 g/mol. The fraction of sp³-hybridized carbons (Fsp3) is 0.318. The molecule has 6 nitrogen and oxygen atoms in total. The number of oxazole rings is 1. The maximum Gasteiger partial charge on any atom is 0.275 e. The third-order valence-electron chi connectivity index (χ3n) is 5.07. The Balaban J connectivity index is 1.33. The first-order valence-corrected chi connectivity index (χ1v) is 11.2. The van der Waals surface area contributed by atoms with E-state index in [4.69, 9.17) is 16.0 Å². The maximum atomic E-state index is 12.6. The Morgan fingerprint density at radius 1 is 1.17 bits per heavy atom. The summed E-state index contributed by atoms with van der Waals surface area (Å²) in [7, 11) is 0. The smallest absolute Gasteiger partial charge is 0.275 e. The average Bonchev–Trinajstić information content (AvgIpc) is 3.45. The average molecular weight is 444 g/mol. The molecule has 2 amide bonds. The van der Waals surface area contributed by atoms with E-state index in [-0.39, 0.29) is 17.2 Å². The van der Waals surface area contributed by atoms with Crippen LogP contribution in [0, 0.1) is 0 Å². The fourth-order valence-electron chi connectivity index (χ4n) is 3.32. The molecule has 1 aliphatic rings. The Labute approximate surface area is 183 Å². The molecule has 3 aromatic rings. The number of hydrogen-bond acceptors (Lipinski definition) is 5. The predicted molar refractivity (Wildman–Crippen MR) is 117 cm³/mol. The third kappa shape index (κ3) is 5.09. The van der Waals surface area contributed by atoms with E-state index in [0.29, 0.717) is 37.6 Å². The molecule has 2 aromatic heterocycles. The summed E-state index contributed by atoms with van der Waals surface area (Å²) in [6.45, 7) is 1.74. The van der Waals surface area contributed by atoms with E-state index in [1.54, 1.807) is 16.2 Å². The van der Waals surface area contributed by atoms with E-state index >= 15 is 0 Å². The minimum Gasteiger partial charge on any atom is -0.444 e. The van der Waals surface area contributed by atoms with Crippen molar-refractivity contribution in [2.75, 3.05) is 13.1 Å². The van der Waals surface area contributed by atoms with Crippen LogP contribution < -0.4 is 5.32 Å². The molecule has 0 spiro atoms. The van der Waals surface area contributed by atoms with Gasteiger partial charge in [0.15, 0.2) is 5.69 Å². The van der Waals surface area contributed by atoms with Gasteiger partial charge in [-0.2, -0.15) is 11.3 Å². The summed E-state index contributed by atoms with van der Waals surface area (Å²) in [5.74, 6) is 0.267. The minimum atomic E-state index is -0.126. The molecular weight excluding hydrogens is 422 g/mol. The number of aromatic nitrogens is 1. The number of carbonyl (C=O) groups is 2. The number of carbonyl (C=O) groups excluding carboxylic acids is 2. The van der Waals surface area contributed by atoms with Crippen molar-refractivity contribution in [1.29, 1.82) is 0 Å². The Bertz CT molecular complexity index is 993. The van der Waals surface area contributed by atoms with Crippen LogP contribution in [0.1, 0.15) is 34.5 Å². The normalized spacial score (nSPS) is 14.6. The molecule has 1 N–H and O–H groups in total. The summed E-state index contributed by atoms with van der Waals surface area (Å²) in [6.07, 6.45) is 3.38. The Morgan fingerprint density at radius 3 is 2.63 bits per heavy atom. The van der Waals surface area contributed by atoms with Gasteiger partial charge < -0.3 is 14.6 Å². The third-order valence-corrected chi connectivity index (χ3v) is 6.24. The second kappa shape index (κ2) is 9.45. The van der Waals surface area contributed by atoms with Crippen LogP contribution in [-0.4, -0.2) is 40.2 Å². The van der Waals surface area contributed by atoms with Gasteiger partial charge in [0.05, 0.1) is 6.42 Å². The van der Waals surface area contributed by atoms with Crippen LogP contribution in [0.25, 0.3) is 11.5 Å². The van der Waals surface area contributed by atoms with Gasteiger partial charge in [-0.05, 0) is 52.9 Å². The zero-order valence-corrected chi connectivity index (χ0v) is 17.9.